The van der Waals surface area contributed by atoms with Gasteiger partial charge in [-0.25, -0.2) is 9.18 Å². The van der Waals surface area contributed by atoms with E-state index in [4.69, 9.17) is 18.9 Å². The number of fused-ring (bicyclic) bond motifs is 1. The molecule has 5 nitrogen and oxygen atoms in total. The second-order valence-corrected chi connectivity index (χ2v) is 5.55. The number of halogens is 1. The summed E-state index contributed by atoms with van der Waals surface area (Å²) in [6.45, 7) is 3.35. The molecule has 0 aliphatic carbocycles. The first-order valence-electron chi connectivity index (χ1n) is 6.84. The molecule has 21 heavy (non-hydrogen) atoms. The predicted octanol–water partition coefficient (Wildman–Crippen LogP) is 2.06. The Balaban J connectivity index is 1.60. The molecule has 0 bridgehead atoms. The molecule has 2 aliphatic heterocycles. The molecule has 0 N–H and O–H groups in total. The number of ether oxygens (including phenoxy) is 4. The highest BCUT2D eigenvalue weighted by atomic mass is 19.1. The molecule has 1 aromatic carbocycles. The molecular weight excluding hydrogens is 279 g/mol. The van der Waals surface area contributed by atoms with Gasteiger partial charge in [0.1, 0.15) is 24.9 Å². The minimum Gasteiger partial charge on any atom is -0.459 e. The van der Waals surface area contributed by atoms with Gasteiger partial charge in [-0.05, 0) is 26.0 Å². The summed E-state index contributed by atoms with van der Waals surface area (Å²) in [5, 5.41) is 0. The number of rotatable bonds is 3. The van der Waals surface area contributed by atoms with Gasteiger partial charge in [0.2, 0.25) is 6.36 Å². The lowest BCUT2D eigenvalue weighted by molar-refractivity contribution is -0.207. The zero-order valence-electron chi connectivity index (χ0n) is 11.8. The van der Waals surface area contributed by atoms with Crippen molar-refractivity contribution in [2.24, 2.45) is 0 Å². The minimum atomic E-state index is -1.57. The van der Waals surface area contributed by atoms with Crippen LogP contribution in [-0.4, -0.2) is 43.0 Å². The lowest BCUT2D eigenvalue weighted by Crippen LogP contribution is -2.33. The van der Waals surface area contributed by atoms with Crippen LogP contribution in [0.2, 0.25) is 0 Å². The fourth-order valence-electron chi connectivity index (χ4n) is 2.58. The van der Waals surface area contributed by atoms with Crippen molar-refractivity contribution in [1.82, 2.24) is 0 Å². The van der Waals surface area contributed by atoms with Crippen LogP contribution in [-0.2, 0) is 18.9 Å². The van der Waals surface area contributed by atoms with Gasteiger partial charge >= 0.3 is 5.97 Å². The fourth-order valence-corrected chi connectivity index (χ4v) is 2.58. The van der Waals surface area contributed by atoms with Gasteiger partial charge in [0.15, 0.2) is 5.79 Å². The molecule has 114 valence electrons. The summed E-state index contributed by atoms with van der Waals surface area (Å²) in [6, 6.07) is 8.59. The maximum atomic E-state index is 13.8. The van der Waals surface area contributed by atoms with Crippen LogP contribution in [0.1, 0.15) is 24.2 Å². The van der Waals surface area contributed by atoms with Crippen molar-refractivity contribution in [3.05, 3.63) is 35.9 Å². The zero-order valence-corrected chi connectivity index (χ0v) is 11.8. The van der Waals surface area contributed by atoms with Crippen LogP contribution >= 0.6 is 0 Å². The summed E-state index contributed by atoms with van der Waals surface area (Å²) in [6.07, 6.45) is -3.59. The van der Waals surface area contributed by atoms with E-state index in [9.17, 15) is 9.18 Å². The first-order chi connectivity index (χ1) is 9.96. The van der Waals surface area contributed by atoms with E-state index in [2.05, 4.69) is 0 Å². The van der Waals surface area contributed by atoms with Gasteiger partial charge < -0.3 is 18.9 Å². The van der Waals surface area contributed by atoms with Crippen LogP contribution in [0.3, 0.4) is 0 Å². The Labute approximate surface area is 121 Å². The van der Waals surface area contributed by atoms with Gasteiger partial charge in [0.25, 0.3) is 0 Å². The van der Waals surface area contributed by atoms with Crippen molar-refractivity contribution in [2.45, 2.75) is 44.3 Å². The number of carbonyl (C=O) groups excluding carboxylic acids is 1. The summed E-state index contributed by atoms with van der Waals surface area (Å²) in [4.78, 5) is 11.9. The highest BCUT2D eigenvalue weighted by Crippen LogP contribution is 2.39. The van der Waals surface area contributed by atoms with Gasteiger partial charge in [-0.15, -0.1) is 0 Å². The highest BCUT2D eigenvalue weighted by Gasteiger charge is 2.56. The summed E-state index contributed by atoms with van der Waals surface area (Å²) < 4.78 is 35.1. The molecule has 2 heterocycles. The molecule has 0 amide bonds. The van der Waals surface area contributed by atoms with Crippen LogP contribution in [0.25, 0.3) is 0 Å². The summed E-state index contributed by atoms with van der Waals surface area (Å²) in [5.41, 5.74) is 0.438. The quantitative estimate of drug-likeness (QED) is 0.799. The van der Waals surface area contributed by atoms with Gasteiger partial charge in [-0.2, -0.15) is 0 Å². The average molecular weight is 296 g/mol. The summed E-state index contributed by atoms with van der Waals surface area (Å²) in [7, 11) is 0. The van der Waals surface area contributed by atoms with Crippen molar-refractivity contribution >= 4 is 5.97 Å². The van der Waals surface area contributed by atoms with Crippen LogP contribution in [0.4, 0.5) is 4.39 Å². The Bertz CT molecular complexity index is 518. The van der Waals surface area contributed by atoms with E-state index in [1.54, 1.807) is 44.2 Å². The largest absolute Gasteiger partial charge is 0.459 e. The topological polar surface area (TPSA) is 54.0 Å². The van der Waals surface area contributed by atoms with E-state index in [0.717, 1.165) is 0 Å². The Morgan fingerprint density at radius 2 is 1.90 bits per heavy atom. The van der Waals surface area contributed by atoms with E-state index in [1.165, 1.54) is 0 Å². The molecule has 0 spiro atoms. The van der Waals surface area contributed by atoms with E-state index in [0.29, 0.717) is 5.56 Å². The standard InChI is InChI=1S/C15H17FO5/c1-15(2)20-11-10(19-13(16)12(11)21-15)8-18-14(17)9-6-4-3-5-7-9/h3-7,10-13H,8H2,1-2H3. The Hall–Kier alpha value is -1.50. The van der Waals surface area contributed by atoms with Crippen LogP contribution < -0.4 is 0 Å². The lowest BCUT2D eigenvalue weighted by Gasteiger charge is -2.22. The second kappa shape index (κ2) is 5.36. The van der Waals surface area contributed by atoms with E-state index in [-0.39, 0.29) is 6.61 Å². The molecule has 2 fully saturated rings. The smallest absolute Gasteiger partial charge is 0.338 e. The zero-order chi connectivity index (χ0) is 15.0. The third-order valence-corrected chi connectivity index (χ3v) is 3.48. The van der Waals surface area contributed by atoms with Gasteiger partial charge in [0, 0.05) is 0 Å². The molecule has 6 heteroatoms. The molecule has 0 aromatic heterocycles. The second-order valence-electron chi connectivity index (χ2n) is 5.55. The molecule has 0 saturated carbocycles. The number of carbonyl (C=O) groups is 1. The van der Waals surface area contributed by atoms with Gasteiger partial charge in [-0.3, -0.25) is 0 Å². The molecule has 2 aliphatic rings. The highest BCUT2D eigenvalue weighted by molar-refractivity contribution is 5.89. The summed E-state index contributed by atoms with van der Waals surface area (Å²) >= 11 is 0. The Morgan fingerprint density at radius 1 is 1.24 bits per heavy atom. The third kappa shape index (κ3) is 2.92. The molecule has 4 unspecified atom stereocenters. The van der Waals surface area contributed by atoms with Crippen molar-refractivity contribution in [1.29, 1.82) is 0 Å². The molecule has 1 aromatic rings. The normalized spacial score (nSPS) is 33.7. The Morgan fingerprint density at radius 3 is 2.62 bits per heavy atom. The van der Waals surface area contributed by atoms with Crippen LogP contribution in [0.5, 0.6) is 0 Å². The van der Waals surface area contributed by atoms with Gasteiger partial charge in [-0.1, -0.05) is 18.2 Å². The number of esters is 1. The van der Waals surface area contributed by atoms with Crippen molar-refractivity contribution in [3.63, 3.8) is 0 Å². The number of benzene rings is 1. The van der Waals surface area contributed by atoms with Crippen molar-refractivity contribution in [3.8, 4) is 0 Å². The monoisotopic (exact) mass is 296 g/mol. The van der Waals surface area contributed by atoms with E-state index < -0.39 is 36.4 Å². The molecule has 3 rings (SSSR count). The molecule has 0 radical (unpaired) electrons. The maximum Gasteiger partial charge on any atom is 0.338 e. The van der Waals surface area contributed by atoms with Gasteiger partial charge in [0.05, 0.1) is 5.56 Å². The number of alkyl halides is 1. The van der Waals surface area contributed by atoms with Crippen molar-refractivity contribution in [2.75, 3.05) is 6.61 Å². The molecule has 4 atom stereocenters. The number of hydrogen-bond donors (Lipinski definition) is 0. The predicted molar refractivity (Wildman–Crippen MR) is 70.3 cm³/mol. The first-order valence-corrected chi connectivity index (χ1v) is 6.84. The van der Waals surface area contributed by atoms with E-state index in [1.807, 2.05) is 0 Å². The Kier molecular flexibility index (Phi) is 3.69. The minimum absolute atomic E-state index is 0.0746. The fraction of sp³-hybridized carbons (Fsp3) is 0.533. The molecular formula is C15H17FO5. The van der Waals surface area contributed by atoms with Crippen LogP contribution in [0, 0.1) is 0 Å². The maximum absolute atomic E-state index is 13.8. The first kappa shape index (κ1) is 14.4. The third-order valence-electron chi connectivity index (χ3n) is 3.48. The summed E-state index contributed by atoms with van der Waals surface area (Å²) in [5.74, 6) is -1.33. The lowest BCUT2D eigenvalue weighted by atomic mass is 10.1. The molecule has 2 saturated heterocycles. The van der Waals surface area contributed by atoms with Crippen LogP contribution in [0.15, 0.2) is 30.3 Å². The van der Waals surface area contributed by atoms with E-state index >= 15 is 0 Å². The number of hydrogen-bond acceptors (Lipinski definition) is 5. The SMILES string of the molecule is CC1(C)OC2C(F)OC(COC(=O)c3ccccc3)C2O1. The van der Waals surface area contributed by atoms with Crippen molar-refractivity contribution < 1.29 is 28.1 Å². The average Bonchev–Trinajstić information content (AvgIpc) is 2.92.